The van der Waals surface area contributed by atoms with E-state index < -0.39 is 0 Å². The number of aryl methyl sites for hydroxylation is 2. The molecule has 0 unspecified atom stereocenters. The smallest absolute Gasteiger partial charge is 0.215 e. The number of benzene rings is 2. The molecule has 0 saturated carbocycles. The minimum atomic E-state index is 0.930. The van der Waals surface area contributed by atoms with Gasteiger partial charge in [-0.3, -0.25) is 0 Å². The van der Waals surface area contributed by atoms with Crippen molar-refractivity contribution in [2.45, 2.75) is 105 Å². The third-order valence-corrected chi connectivity index (χ3v) is 7.17. The molecule has 2 aromatic carbocycles. The van der Waals surface area contributed by atoms with Gasteiger partial charge in [-0.05, 0) is 73.9 Å². The van der Waals surface area contributed by atoms with Crippen molar-refractivity contribution in [2.75, 3.05) is 0 Å². The topological polar surface area (TPSA) is 26.8 Å². The summed E-state index contributed by atoms with van der Waals surface area (Å²) in [4.78, 5) is 0. The Morgan fingerprint density at radius 3 is 1.66 bits per heavy atom. The second kappa shape index (κ2) is 14.1. The Labute approximate surface area is 214 Å². The lowest BCUT2D eigenvalue weighted by Gasteiger charge is -2.09. The van der Waals surface area contributed by atoms with Crippen LogP contribution in [0.5, 0.6) is 0 Å². The van der Waals surface area contributed by atoms with E-state index >= 15 is 0 Å². The second-order valence-electron chi connectivity index (χ2n) is 9.93. The van der Waals surface area contributed by atoms with Gasteiger partial charge in [-0.25, -0.2) is 4.68 Å². The maximum absolute atomic E-state index is 9.24. The largest absolute Gasteiger partial charge is 0.448 e. The van der Waals surface area contributed by atoms with Gasteiger partial charge in [0.1, 0.15) is 0 Å². The summed E-state index contributed by atoms with van der Waals surface area (Å²) in [6.07, 6.45) is 16.6. The molecule has 0 atom stereocenters. The summed E-state index contributed by atoms with van der Waals surface area (Å²) in [6, 6.07) is 18.0. The molecule has 0 aromatic heterocycles. The zero-order chi connectivity index (χ0) is 25.0. The van der Waals surface area contributed by atoms with Gasteiger partial charge in [0.05, 0.1) is 5.57 Å². The Bertz CT molecular complexity index is 1020. The van der Waals surface area contributed by atoms with Crippen LogP contribution in [0.25, 0.3) is 11.5 Å². The summed E-state index contributed by atoms with van der Waals surface area (Å²) in [5.41, 5.74) is 9.77. The van der Waals surface area contributed by atoms with Gasteiger partial charge in [0.25, 0.3) is 0 Å². The molecule has 0 fully saturated rings. The summed E-state index contributed by atoms with van der Waals surface area (Å²) >= 11 is 0. The van der Waals surface area contributed by atoms with E-state index in [2.05, 4.69) is 82.3 Å². The lowest BCUT2D eigenvalue weighted by atomic mass is 9.92. The number of hydrogen-bond acceptors (Lipinski definition) is 0. The Morgan fingerprint density at radius 2 is 1.17 bits per heavy atom. The monoisotopic (exact) mass is 470 g/mol. The summed E-state index contributed by atoms with van der Waals surface area (Å²) in [7, 11) is 0. The average Bonchev–Trinajstić information content (AvgIpc) is 3.16. The van der Waals surface area contributed by atoms with Crippen LogP contribution in [0, 0.1) is 0 Å². The molecule has 2 heteroatoms. The SMILES string of the molecule is CCCCC=C1C(CC)=C(c2ccc(CCCCC)cc2)[N+]([NH-])=C1c1ccc(CCCCC)cc1. The van der Waals surface area contributed by atoms with Crippen LogP contribution < -0.4 is 0 Å². The predicted molar refractivity (Wildman–Crippen MR) is 153 cm³/mol. The van der Waals surface area contributed by atoms with Crippen molar-refractivity contribution < 1.29 is 4.68 Å². The van der Waals surface area contributed by atoms with Gasteiger partial charge in [-0.2, -0.15) is 0 Å². The highest BCUT2D eigenvalue weighted by Crippen LogP contribution is 2.37. The summed E-state index contributed by atoms with van der Waals surface area (Å²) < 4.78 is 1.72. The molecular formula is C33H46N2. The third kappa shape index (κ3) is 6.97. The van der Waals surface area contributed by atoms with Crippen LogP contribution >= 0.6 is 0 Å². The highest BCUT2D eigenvalue weighted by molar-refractivity contribution is 6.16. The van der Waals surface area contributed by atoms with Gasteiger partial charge in [0.15, 0.2) is 0 Å². The van der Waals surface area contributed by atoms with Crippen molar-refractivity contribution in [3.8, 4) is 0 Å². The quantitative estimate of drug-likeness (QED) is 0.194. The van der Waals surface area contributed by atoms with Gasteiger partial charge in [0.2, 0.25) is 11.4 Å². The van der Waals surface area contributed by atoms with Crippen LogP contribution in [-0.4, -0.2) is 10.4 Å². The number of rotatable bonds is 14. The lowest BCUT2D eigenvalue weighted by molar-refractivity contribution is -0.347. The molecule has 0 radical (unpaired) electrons. The van der Waals surface area contributed by atoms with Gasteiger partial charge < -0.3 is 5.84 Å². The standard InChI is InChI=1S/C33H46N2/c1-5-9-12-15-26-18-22-28(23-19-26)32-30(8-4)31(17-14-11-7-3)33(35(32)34)29-24-20-27(21-25-29)16-13-10-6-2/h17-25,34H,5-16H2,1-4H3. The van der Waals surface area contributed by atoms with Gasteiger partial charge in [0, 0.05) is 16.7 Å². The van der Waals surface area contributed by atoms with E-state index in [0.717, 1.165) is 48.2 Å². The molecule has 0 saturated heterocycles. The summed E-state index contributed by atoms with van der Waals surface area (Å²) in [5.74, 6) is 9.24. The van der Waals surface area contributed by atoms with Gasteiger partial charge in [-0.15, -0.1) is 0 Å². The fraction of sp³-hybridized carbons (Fsp3) is 0.485. The molecule has 1 heterocycles. The Balaban J connectivity index is 1.96. The van der Waals surface area contributed by atoms with Crippen molar-refractivity contribution in [3.63, 3.8) is 0 Å². The predicted octanol–water partition coefficient (Wildman–Crippen LogP) is 9.87. The van der Waals surface area contributed by atoms with Crippen molar-refractivity contribution in [3.05, 3.63) is 93.8 Å². The number of nitrogens with one attached hydrogen (secondary N) is 1. The maximum Gasteiger partial charge on any atom is 0.215 e. The molecular weight excluding hydrogens is 424 g/mol. The normalized spacial score (nSPS) is 15.0. The van der Waals surface area contributed by atoms with Crippen LogP contribution in [0.2, 0.25) is 0 Å². The highest BCUT2D eigenvalue weighted by Gasteiger charge is 2.34. The molecule has 2 aromatic rings. The zero-order valence-corrected chi connectivity index (χ0v) is 22.6. The molecule has 0 spiro atoms. The summed E-state index contributed by atoms with van der Waals surface area (Å²) in [6.45, 7) is 8.99. The first-order valence-electron chi connectivity index (χ1n) is 14.1. The van der Waals surface area contributed by atoms with E-state index in [1.807, 2.05) is 0 Å². The first-order chi connectivity index (χ1) is 17.1. The van der Waals surface area contributed by atoms with Crippen molar-refractivity contribution in [1.82, 2.24) is 0 Å². The number of allylic oxidation sites excluding steroid dienone is 3. The minimum Gasteiger partial charge on any atom is -0.448 e. The number of hydrogen-bond donors (Lipinski definition) is 0. The lowest BCUT2D eigenvalue weighted by Crippen LogP contribution is -2.11. The zero-order valence-electron chi connectivity index (χ0n) is 22.6. The Morgan fingerprint density at radius 1 is 0.657 bits per heavy atom. The molecule has 1 aliphatic rings. The average molecular weight is 471 g/mol. The van der Waals surface area contributed by atoms with E-state index in [1.165, 1.54) is 73.6 Å². The Kier molecular flexibility index (Phi) is 10.8. The molecule has 2 nitrogen and oxygen atoms in total. The fourth-order valence-electron chi connectivity index (χ4n) is 5.07. The van der Waals surface area contributed by atoms with Crippen molar-refractivity contribution in [2.24, 2.45) is 0 Å². The number of unbranched alkanes of at least 4 members (excludes halogenated alkanes) is 6. The maximum atomic E-state index is 9.24. The third-order valence-electron chi connectivity index (χ3n) is 7.17. The molecule has 3 rings (SSSR count). The van der Waals surface area contributed by atoms with Crippen LogP contribution in [0.3, 0.4) is 0 Å². The van der Waals surface area contributed by atoms with E-state index in [0.29, 0.717) is 0 Å². The second-order valence-corrected chi connectivity index (χ2v) is 9.93. The molecule has 35 heavy (non-hydrogen) atoms. The molecule has 0 bridgehead atoms. The number of nitrogens with zero attached hydrogens (tertiary/aromatic N) is 1. The van der Waals surface area contributed by atoms with Gasteiger partial charge in [-0.1, -0.05) is 96.6 Å². The highest BCUT2D eigenvalue weighted by atomic mass is 15.3. The van der Waals surface area contributed by atoms with E-state index in [9.17, 15) is 5.84 Å². The molecule has 188 valence electrons. The van der Waals surface area contributed by atoms with Gasteiger partial charge >= 0.3 is 0 Å². The van der Waals surface area contributed by atoms with Crippen molar-refractivity contribution in [1.29, 1.82) is 0 Å². The Hall–Kier alpha value is -2.61. The first kappa shape index (κ1) is 27.0. The van der Waals surface area contributed by atoms with E-state index in [-0.39, 0.29) is 0 Å². The minimum absolute atomic E-state index is 0.930. The van der Waals surface area contributed by atoms with Crippen molar-refractivity contribution >= 4 is 11.4 Å². The molecule has 0 aliphatic carbocycles. The van der Waals surface area contributed by atoms with Crippen LogP contribution in [0.4, 0.5) is 0 Å². The van der Waals surface area contributed by atoms with E-state index in [4.69, 9.17) is 0 Å². The summed E-state index contributed by atoms with van der Waals surface area (Å²) in [5, 5.41) is 0. The van der Waals surface area contributed by atoms with E-state index in [1.54, 1.807) is 4.68 Å². The van der Waals surface area contributed by atoms with Crippen LogP contribution in [0.1, 0.15) is 114 Å². The van der Waals surface area contributed by atoms with Crippen LogP contribution in [-0.2, 0) is 12.8 Å². The molecule has 0 amide bonds. The first-order valence-corrected chi connectivity index (χ1v) is 14.1. The molecule has 1 aliphatic heterocycles. The fourth-order valence-corrected chi connectivity index (χ4v) is 5.07. The molecule has 1 N–H and O–H groups in total. The van der Waals surface area contributed by atoms with Crippen LogP contribution in [0.15, 0.2) is 65.8 Å².